The van der Waals surface area contributed by atoms with Gasteiger partial charge in [-0.2, -0.15) is 0 Å². The molecule has 2 N–H and O–H groups in total. The van der Waals surface area contributed by atoms with Crippen LogP contribution >= 0.6 is 0 Å². The minimum atomic E-state index is -0.612. The van der Waals surface area contributed by atoms with Gasteiger partial charge in [0.1, 0.15) is 11.8 Å². The molecule has 2 amide bonds. The van der Waals surface area contributed by atoms with Gasteiger partial charge in [0, 0.05) is 12.5 Å². The molecule has 1 saturated carbocycles. The lowest BCUT2D eigenvalue weighted by atomic mass is 9.98. The Bertz CT molecular complexity index is 818. The van der Waals surface area contributed by atoms with Gasteiger partial charge in [-0.25, -0.2) is 0 Å². The number of carbonyl (C=O) groups excluding carboxylic acids is 2. The second-order valence-electron chi connectivity index (χ2n) is 7.73. The molecule has 1 aliphatic rings. The minimum absolute atomic E-state index is 0.116. The zero-order valence-electron chi connectivity index (χ0n) is 17.2. The fraction of sp³-hybridized carbons (Fsp3) is 0.417. The zero-order chi connectivity index (χ0) is 20.6. The maximum Gasteiger partial charge on any atom is 0.258 e. The first kappa shape index (κ1) is 20.9. The lowest BCUT2D eigenvalue weighted by Crippen LogP contribution is -2.49. The van der Waals surface area contributed by atoms with Crippen molar-refractivity contribution < 1.29 is 14.3 Å². The maximum absolute atomic E-state index is 12.6. The van der Waals surface area contributed by atoms with Crippen molar-refractivity contribution >= 4 is 11.8 Å². The van der Waals surface area contributed by atoms with E-state index >= 15 is 0 Å². The predicted octanol–water partition coefficient (Wildman–Crippen LogP) is 3.59. The second-order valence-corrected chi connectivity index (χ2v) is 7.73. The van der Waals surface area contributed by atoms with Crippen LogP contribution in [0.4, 0.5) is 0 Å². The molecule has 0 aromatic heterocycles. The van der Waals surface area contributed by atoms with E-state index in [1.54, 1.807) is 0 Å². The molecule has 154 valence electrons. The fourth-order valence-corrected chi connectivity index (χ4v) is 3.21. The van der Waals surface area contributed by atoms with Gasteiger partial charge in [0.25, 0.3) is 5.91 Å². The van der Waals surface area contributed by atoms with Gasteiger partial charge in [0.2, 0.25) is 5.91 Å². The highest BCUT2D eigenvalue weighted by atomic mass is 16.5. The topological polar surface area (TPSA) is 67.4 Å². The Morgan fingerprint density at radius 3 is 2.45 bits per heavy atom. The van der Waals surface area contributed by atoms with Crippen LogP contribution in [-0.4, -0.2) is 30.5 Å². The van der Waals surface area contributed by atoms with E-state index in [0.29, 0.717) is 12.3 Å². The van der Waals surface area contributed by atoms with Crippen LogP contribution in [0.2, 0.25) is 0 Å². The van der Waals surface area contributed by atoms with E-state index in [1.807, 2.05) is 54.6 Å². The Hall–Kier alpha value is -2.82. The molecule has 0 spiro atoms. The molecule has 5 heteroatoms. The fourth-order valence-electron chi connectivity index (χ4n) is 3.21. The molecule has 3 rings (SSSR count). The SMILES string of the molecule is CCC(C)c1ccccc1OCC(=O)NC(Cc1ccccc1)C(=O)NC1CC1. The summed E-state index contributed by atoms with van der Waals surface area (Å²) < 4.78 is 5.80. The number of benzene rings is 2. The number of amides is 2. The van der Waals surface area contributed by atoms with Crippen molar-refractivity contribution in [1.29, 1.82) is 0 Å². The molecule has 0 aliphatic heterocycles. The highest BCUT2D eigenvalue weighted by Crippen LogP contribution is 2.28. The molecule has 2 aromatic carbocycles. The summed E-state index contributed by atoms with van der Waals surface area (Å²) >= 11 is 0. The van der Waals surface area contributed by atoms with Crippen LogP contribution < -0.4 is 15.4 Å². The summed E-state index contributed by atoms with van der Waals surface area (Å²) in [6.07, 6.45) is 3.46. The molecule has 0 radical (unpaired) electrons. The Balaban J connectivity index is 1.61. The molecule has 0 saturated heterocycles. The Labute approximate surface area is 172 Å². The first-order valence-corrected chi connectivity index (χ1v) is 10.4. The molecule has 5 nitrogen and oxygen atoms in total. The number of rotatable bonds is 10. The van der Waals surface area contributed by atoms with Gasteiger partial charge in [-0.15, -0.1) is 0 Å². The average molecular weight is 395 g/mol. The number of ether oxygens (including phenoxy) is 1. The van der Waals surface area contributed by atoms with Crippen molar-refractivity contribution in [3.8, 4) is 5.75 Å². The maximum atomic E-state index is 12.6. The van der Waals surface area contributed by atoms with Crippen LogP contribution in [0.15, 0.2) is 54.6 Å². The summed E-state index contributed by atoms with van der Waals surface area (Å²) in [5.41, 5.74) is 2.10. The van der Waals surface area contributed by atoms with Gasteiger partial charge in [0.15, 0.2) is 6.61 Å². The van der Waals surface area contributed by atoms with Crippen molar-refractivity contribution in [1.82, 2.24) is 10.6 Å². The highest BCUT2D eigenvalue weighted by Gasteiger charge is 2.28. The van der Waals surface area contributed by atoms with Gasteiger partial charge in [-0.1, -0.05) is 62.4 Å². The third kappa shape index (κ3) is 6.34. The number of para-hydroxylation sites is 1. The van der Waals surface area contributed by atoms with Gasteiger partial charge >= 0.3 is 0 Å². The van der Waals surface area contributed by atoms with Crippen LogP contribution in [0.3, 0.4) is 0 Å². The third-order valence-electron chi connectivity index (χ3n) is 5.28. The molecule has 29 heavy (non-hydrogen) atoms. The Morgan fingerprint density at radius 1 is 1.07 bits per heavy atom. The molecule has 0 heterocycles. The summed E-state index contributed by atoms with van der Waals surface area (Å²) in [5, 5.41) is 5.85. The Kier molecular flexibility index (Phi) is 7.28. The summed E-state index contributed by atoms with van der Waals surface area (Å²) in [7, 11) is 0. The average Bonchev–Trinajstić information content (AvgIpc) is 3.56. The van der Waals surface area contributed by atoms with Gasteiger partial charge < -0.3 is 15.4 Å². The molecular weight excluding hydrogens is 364 g/mol. The molecule has 2 aromatic rings. The van der Waals surface area contributed by atoms with E-state index in [4.69, 9.17) is 4.74 Å². The monoisotopic (exact) mass is 394 g/mol. The van der Waals surface area contributed by atoms with Gasteiger partial charge in [0.05, 0.1) is 0 Å². The molecular formula is C24H30N2O3. The number of carbonyl (C=O) groups is 2. The van der Waals surface area contributed by atoms with Crippen molar-refractivity contribution in [3.63, 3.8) is 0 Å². The largest absolute Gasteiger partial charge is 0.483 e. The van der Waals surface area contributed by atoms with E-state index < -0.39 is 6.04 Å². The van der Waals surface area contributed by atoms with Gasteiger partial charge in [-0.3, -0.25) is 9.59 Å². The standard InChI is InChI=1S/C24H30N2O3/c1-3-17(2)20-11-7-8-12-22(20)29-16-23(27)26-21(24(28)25-19-13-14-19)15-18-9-5-4-6-10-18/h4-12,17,19,21H,3,13-16H2,1-2H3,(H,25,28)(H,26,27). The van der Waals surface area contributed by atoms with E-state index in [1.165, 1.54) is 0 Å². The van der Waals surface area contributed by atoms with Gasteiger partial charge in [-0.05, 0) is 42.4 Å². The van der Waals surface area contributed by atoms with Crippen LogP contribution in [-0.2, 0) is 16.0 Å². The van der Waals surface area contributed by atoms with Crippen LogP contribution in [0, 0.1) is 0 Å². The Morgan fingerprint density at radius 2 is 1.76 bits per heavy atom. The summed E-state index contributed by atoms with van der Waals surface area (Å²) in [6.45, 7) is 4.15. The molecule has 1 aliphatic carbocycles. The van der Waals surface area contributed by atoms with Crippen LogP contribution in [0.5, 0.6) is 5.75 Å². The van der Waals surface area contributed by atoms with Crippen LogP contribution in [0.1, 0.15) is 50.2 Å². The van der Waals surface area contributed by atoms with Crippen molar-refractivity contribution in [3.05, 3.63) is 65.7 Å². The summed E-state index contributed by atoms with van der Waals surface area (Å²) in [5.74, 6) is 0.643. The molecule has 1 fully saturated rings. The van der Waals surface area contributed by atoms with Crippen molar-refractivity contribution in [2.24, 2.45) is 0 Å². The number of hydrogen-bond donors (Lipinski definition) is 2. The minimum Gasteiger partial charge on any atom is -0.483 e. The van der Waals surface area contributed by atoms with E-state index in [-0.39, 0.29) is 24.5 Å². The lowest BCUT2D eigenvalue weighted by molar-refractivity contribution is -0.130. The van der Waals surface area contributed by atoms with E-state index in [9.17, 15) is 9.59 Å². The molecule has 2 unspecified atom stereocenters. The third-order valence-corrected chi connectivity index (χ3v) is 5.28. The number of nitrogens with one attached hydrogen (secondary N) is 2. The second kappa shape index (κ2) is 10.1. The van der Waals surface area contributed by atoms with Crippen molar-refractivity contribution in [2.75, 3.05) is 6.61 Å². The first-order valence-electron chi connectivity index (χ1n) is 10.4. The zero-order valence-corrected chi connectivity index (χ0v) is 17.2. The van der Waals surface area contributed by atoms with Crippen molar-refractivity contribution in [2.45, 2.75) is 57.5 Å². The van der Waals surface area contributed by atoms with E-state index in [2.05, 4.69) is 24.5 Å². The first-order chi connectivity index (χ1) is 14.1. The normalized spacial score (nSPS) is 15.2. The number of hydrogen-bond acceptors (Lipinski definition) is 3. The summed E-state index contributed by atoms with van der Waals surface area (Å²) in [4.78, 5) is 25.2. The highest BCUT2D eigenvalue weighted by molar-refractivity contribution is 5.88. The smallest absolute Gasteiger partial charge is 0.258 e. The van der Waals surface area contributed by atoms with Crippen LogP contribution in [0.25, 0.3) is 0 Å². The quantitative estimate of drug-likeness (QED) is 0.647. The van der Waals surface area contributed by atoms with E-state index in [0.717, 1.165) is 36.1 Å². The lowest BCUT2D eigenvalue weighted by Gasteiger charge is -2.20. The predicted molar refractivity (Wildman–Crippen MR) is 114 cm³/mol. The summed E-state index contributed by atoms with van der Waals surface area (Å²) in [6, 6.07) is 17.2. The molecule has 2 atom stereocenters. The molecule has 0 bridgehead atoms.